The van der Waals surface area contributed by atoms with Gasteiger partial charge in [0.2, 0.25) is 5.82 Å². The molecule has 2 heterocycles. The van der Waals surface area contributed by atoms with Crippen LogP contribution in [0, 0.1) is 0 Å². The van der Waals surface area contributed by atoms with Gasteiger partial charge in [0, 0.05) is 18.8 Å². The van der Waals surface area contributed by atoms with Gasteiger partial charge in [0.1, 0.15) is 0 Å². The summed E-state index contributed by atoms with van der Waals surface area (Å²) in [6.07, 6.45) is 5.70. The van der Waals surface area contributed by atoms with Gasteiger partial charge in [-0.15, -0.1) is 0 Å². The van der Waals surface area contributed by atoms with E-state index in [2.05, 4.69) is 22.5 Å². The molecule has 0 bridgehead atoms. The van der Waals surface area contributed by atoms with Crippen LogP contribution in [0.3, 0.4) is 0 Å². The number of amides is 2. The molecular weight excluding hydrogens is 304 g/mol. The van der Waals surface area contributed by atoms with Gasteiger partial charge in [-0.3, -0.25) is 14.0 Å². The Bertz CT molecular complexity index is 708. The summed E-state index contributed by atoms with van der Waals surface area (Å²) in [6.45, 7) is 6.68. The van der Waals surface area contributed by atoms with E-state index in [-0.39, 0.29) is 23.7 Å². The third-order valence-electron chi connectivity index (χ3n) is 4.02. The van der Waals surface area contributed by atoms with Crippen LogP contribution in [0.25, 0.3) is 5.52 Å². The maximum Gasteiger partial charge on any atom is 0.287 e. The number of fused-ring (bicyclic) bond motifs is 1. The molecular formula is C18H26N4O2. The third kappa shape index (κ3) is 4.13. The van der Waals surface area contributed by atoms with Crippen molar-refractivity contribution in [3.63, 3.8) is 0 Å². The van der Waals surface area contributed by atoms with Crippen LogP contribution in [-0.2, 0) is 0 Å². The highest BCUT2D eigenvalue weighted by Crippen LogP contribution is 2.13. The summed E-state index contributed by atoms with van der Waals surface area (Å²) < 4.78 is 1.67. The predicted octanol–water partition coefficient (Wildman–Crippen LogP) is 2.78. The van der Waals surface area contributed by atoms with Crippen molar-refractivity contribution in [1.29, 1.82) is 0 Å². The molecule has 0 spiro atoms. The van der Waals surface area contributed by atoms with E-state index in [0.29, 0.717) is 17.8 Å². The Morgan fingerprint density at radius 1 is 1.21 bits per heavy atom. The summed E-state index contributed by atoms with van der Waals surface area (Å²) in [7, 11) is 0. The predicted molar refractivity (Wildman–Crippen MR) is 94.3 cm³/mol. The van der Waals surface area contributed by atoms with Crippen LogP contribution in [0.4, 0.5) is 0 Å². The van der Waals surface area contributed by atoms with Crippen molar-refractivity contribution >= 4 is 17.3 Å². The van der Waals surface area contributed by atoms with Crippen LogP contribution in [0.1, 0.15) is 67.6 Å². The number of pyridine rings is 1. The molecule has 1 atom stereocenters. The van der Waals surface area contributed by atoms with E-state index in [1.807, 2.05) is 26.0 Å². The average molecular weight is 330 g/mol. The highest BCUT2D eigenvalue weighted by Gasteiger charge is 2.21. The van der Waals surface area contributed by atoms with Crippen LogP contribution in [0.2, 0.25) is 0 Å². The fraction of sp³-hybridized carbons (Fsp3) is 0.500. The van der Waals surface area contributed by atoms with Gasteiger partial charge in [0.25, 0.3) is 11.8 Å². The Hall–Kier alpha value is -2.37. The second kappa shape index (κ2) is 8.47. The molecule has 2 N–H and O–H groups in total. The van der Waals surface area contributed by atoms with Crippen LogP contribution < -0.4 is 10.6 Å². The van der Waals surface area contributed by atoms with E-state index in [4.69, 9.17) is 0 Å². The van der Waals surface area contributed by atoms with E-state index in [9.17, 15) is 9.59 Å². The summed E-state index contributed by atoms with van der Waals surface area (Å²) in [5.74, 6) is -0.266. The number of aromatic nitrogens is 2. The van der Waals surface area contributed by atoms with Crippen LogP contribution >= 0.6 is 0 Å². The van der Waals surface area contributed by atoms with Gasteiger partial charge >= 0.3 is 0 Å². The van der Waals surface area contributed by atoms with Crippen LogP contribution in [0.5, 0.6) is 0 Å². The second-order valence-electron chi connectivity index (χ2n) is 5.99. The number of hydrogen-bond acceptors (Lipinski definition) is 3. The van der Waals surface area contributed by atoms with Gasteiger partial charge in [-0.2, -0.15) is 0 Å². The number of carbonyl (C=O) groups excluding carboxylic acids is 2. The summed E-state index contributed by atoms with van der Waals surface area (Å²) >= 11 is 0. The molecule has 24 heavy (non-hydrogen) atoms. The normalized spacial score (nSPS) is 12.1. The van der Waals surface area contributed by atoms with E-state index >= 15 is 0 Å². The first-order chi connectivity index (χ1) is 11.6. The van der Waals surface area contributed by atoms with E-state index in [1.165, 1.54) is 0 Å². The lowest BCUT2D eigenvalue weighted by Gasteiger charge is -2.10. The first kappa shape index (κ1) is 18.0. The Labute approximate surface area is 142 Å². The average Bonchev–Trinajstić information content (AvgIpc) is 2.98. The molecule has 0 aromatic carbocycles. The molecule has 0 aliphatic carbocycles. The molecule has 6 nitrogen and oxygen atoms in total. The highest BCUT2D eigenvalue weighted by atomic mass is 16.2. The van der Waals surface area contributed by atoms with Crippen LogP contribution in [-0.4, -0.2) is 33.8 Å². The summed E-state index contributed by atoms with van der Waals surface area (Å²) in [5.41, 5.74) is 0.932. The molecule has 2 aromatic heterocycles. The van der Waals surface area contributed by atoms with E-state index in [0.717, 1.165) is 25.7 Å². The van der Waals surface area contributed by atoms with Crippen LogP contribution in [0.15, 0.2) is 24.4 Å². The third-order valence-corrected chi connectivity index (χ3v) is 4.02. The number of nitrogens with zero attached hydrogens (tertiary/aromatic N) is 2. The number of carbonyl (C=O) groups is 2. The van der Waals surface area contributed by atoms with E-state index < -0.39 is 0 Å². The first-order valence-corrected chi connectivity index (χ1v) is 8.64. The van der Waals surface area contributed by atoms with Crippen molar-refractivity contribution in [2.75, 3.05) is 6.54 Å². The lowest BCUT2D eigenvalue weighted by molar-refractivity contribution is 0.0928. The Morgan fingerprint density at radius 2 is 2.00 bits per heavy atom. The minimum Gasteiger partial charge on any atom is -0.351 e. The van der Waals surface area contributed by atoms with Crippen molar-refractivity contribution in [3.05, 3.63) is 35.9 Å². The monoisotopic (exact) mass is 330 g/mol. The minimum absolute atomic E-state index is 0.0554. The van der Waals surface area contributed by atoms with Gasteiger partial charge in [0.05, 0.1) is 5.52 Å². The lowest BCUT2D eigenvalue weighted by Crippen LogP contribution is -2.33. The molecule has 6 heteroatoms. The first-order valence-electron chi connectivity index (χ1n) is 8.64. The zero-order chi connectivity index (χ0) is 17.5. The molecule has 0 radical (unpaired) electrons. The zero-order valence-electron chi connectivity index (χ0n) is 14.6. The fourth-order valence-electron chi connectivity index (χ4n) is 2.42. The molecule has 130 valence electrons. The van der Waals surface area contributed by atoms with Crippen molar-refractivity contribution in [3.8, 4) is 0 Å². The smallest absolute Gasteiger partial charge is 0.287 e. The molecule has 2 aromatic rings. The summed E-state index contributed by atoms with van der Waals surface area (Å²) in [5, 5.41) is 5.78. The van der Waals surface area contributed by atoms with E-state index in [1.54, 1.807) is 16.7 Å². The number of unbranched alkanes of at least 4 members (excludes halogenated alkanes) is 2. The zero-order valence-corrected chi connectivity index (χ0v) is 14.6. The largest absolute Gasteiger partial charge is 0.351 e. The maximum atomic E-state index is 12.4. The van der Waals surface area contributed by atoms with Gasteiger partial charge in [-0.25, -0.2) is 4.98 Å². The molecule has 0 fully saturated rings. The number of hydrogen-bond donors (Lipinski definition) is 2. The maximum absolute atomic E-state index is 12.4. The van der Waals surface area contributed by atoms with Gasteiger partial charge < -0.3 is 10.6 Å². The number of imidazole rings is 1. The Kier molecular flexibility index (Phi) is 6.35. The molecule has 0 aliphatic heterocycles. The molecule has 1 unspecified atom stereocenters. The van der Waals surface area contributed by atoms with Crippen molar-refractivity contribution in [2.45, 2.75) is 52.5 Å². The minimum atomic E-state index is -0.268. The van der Waals surface area contributed by atoms with Gasteiger partial charge in [0.15, 0.2) is 5.69 Å². The Morgan fingerprint density at radius 3 is 2.71 bits per heavy atom. The molecule has 0 aliphatic rings. The van der Waals surface area contributed by atoms with Crippen molar-refractivity contribution in [1.82, 2.24) is 20.0 Å². The molecule has 2 amide bonds. The summed E-state index contributed by atoms with van der Waals surface area (Å²) in [4.78, 5) is 29.2. The quantitative estimate of drug-likeness (QED) is 0.731. The fourth-order valence-corrected chi connectivity index (χ4v) is 2.42. The molecule has 0 saturated carbocycles. The Balaban J connectivity index is 2.25. The van der Waals surface area contributed by atoms with Gasteiger partial charge in [-0.1, -0.05) is 32.8 Å². The number of rotatable bonds is 8. The summed E-state index contributed by atoms with van der Waals surface area (Å²) in [6, 6.07) is 5.51. The molecule has 0 saturated heterocycles. The van der Waals surface area contributed by atoms with Crippen molar-refractivity contribution in [2.24, 2.45) is 0 Å². The lowest BCUT2D eigenvalue weighted by atomic mass is 10.2. The highest BCUT2D eigenvalue weighted by molar-refractivity contribution is 6.02. The molecule has 2 rings (SSSR count). The standard InChI is InChI=1S/C18H26N4O2/c1-4-6-8-11-19-17(23)15-14-10-7-9-12-22(14)16(21-15)18(24)20-13(3)5-2/h7,9-10,12-13H,4-6,8,11H2,1-3H3,(H,19,23)(H,20,24). The topological polar surface area (TPSA) is 75.5 Å². The van der Waals surface area contributed by atoms with Gasteiger partial charge in [-0.05, 0) is 31.9 Å². The van der Waals surface area contributed by atoms with Crippen molar-refractivity contribution < 1.29 is 9.59 Å². The SMILES string of the molecule is CCCCCNC(=O)c1nc(C(=O)NC(C)CC)n2ccccc12. The second-order valence-corrected chi connectivity index (χ2v) is 5.99. The number of nitrogens with one attached hydrogen (secondary N) is 2.